The Morgan fingerprint density at radius 2 is 2.00 bits per heavy atom. The van der Waals surface area contributed by atoms with Gasteiger partial charge in [0.15, 0.2) is 8.68 Å². The predicted octanol–water partition coefficient (Wildman–Crippen LogP) is 3.65. The Labute approximate surface area is 146 Å². The second kappa shape index (κ2) is 7.46. The molecule has 0 fully saturated rings. The molecular formula is C15H16N4OS3. The summed E-state index contributed by atoms with van der Waals surface area (Å²) in [5, 5.41) is 8.35. The van der Waals surface area contributed by atoms with Gasteiger partial charge in [-0.25, -0.2) is 4.98 Å². The molecule has 0 saturated heterocycles. The highest BCUT2D eigenvalue weighted by atomic mass is 32.2. The third-order valence-corrected chi connectivity index (χ3v) is 6.52. The highest BCUT2D eigenvalue weighted by Gasteiger charge is 2.08. The smallest absolute Gasteiger partial charge is 0.258 e. The highest BCUT2D eigenvalue weighted by Crippen LogP contribution is 2.30. The number of nitrogens with zero attached hydrogens (tertiary/aromatic N) is 4. The van der Waals surface area contributed by atoms with Crippen LogP contribution in [0.4, 0.5) is 0 Å². The molecule has 8 heteroatoms. The van der Waals surface area contributed by atoms with Crippen LogP contribution < -0.4 is 5.56 Å². The Hall–Kier alpha value is -1.38. The van der Waals surface area contributed by atoms with Gasteiger partial charge in [0.1, 0.15) is 5.65 Å². The summed E-state index contributed by atoms with van der Waals surface area (Å²) in [4.78, 5) is 16.8. The maximum absolute atomic E-state index is 12.2. The third-order valence-electron chi connectivity index (χ3n) is 3.09. The molecule has 0 saturated carbocycles. The molecule has 3 aromatic rings. The Morgan fingerprint density at radius 1 is 1.22 bits per heavy atom. The molecule has 0 bridgehead atoms. The zero-order chi connectivity index (χ0) is 16.2. The van der Waals surface area contributed by atoms with E-state index in [4.69, 9.17) is 0 Å². The van der Waals surface area contributed by atoms with Gasteiger partial charge in [0.25, 0.3) is 5.56 Å². The van der Waals surface area contributed by atoms with E-state index < -0.39 is 0 Å². The van der Waals surface area contributed by atoms with Crippen molar-refractivity contribution in [1.82, 2.24) is 19.6 Å². The molecule has 5 nitrogen and oxygen atoms in total. The van der Waals surface area contributed by atoms with Crippen LogP contribution in [0.2, 0.25) is 0 Å². The summed E-state index contributed by atoms with van der Waals surface area (Å²) in [5.74, 6) is 1.68. The molecule has 0 aliphatic rings. The number of hydrogen-bond donors (Lipinski definition) is 0. The van der Waals surface area contributed by atoms with Gasteiger partial charge in [0.05, 0.1) is 5.69 Å². The molecule has 0 N–H and O–H groups in total. The Kier molecular flexibility index (Phi) is 5.34. The monoisotopic (exact) mass is 364 g/mol. The highest BCUT2D eigenvalue weighted by molar-refractivity contribution is 8.02. The first kappa shape index (κ1) is 16.5. The van der Waals surface area contributed by atoms with Crippen LogP contribution in [0.25, 0.3) is 5.65 Å². The van der Waals surface area contributed by atoms with Crippen molar-refractivity contribution in [3.63, 3.8) is 0 Å². The molecule has 3 heterocycles. The quantitative estimate of drug-likeness (QED) is 0.622. The summed E-state index contributed by atoms with van der Waals surface area (Å²) in [7, 11) is 0. The van der Waals surface area contributed by atoms with E-state index >= 15 is 0 Å². The van der Waals surface area contributed by atoms with Gasteiger partial charge in [-0.3, -0.25) is 9.20 Å². The van der Waals surface area contributed by atoms with E-state index in [9.17, 15) is 4.79 Å². The molecule has 23 heavy (non-hydrogen) atoms. The van der Waals surface area contributed by atoms with E-state index in [1.807, 2.05) is 25.1 Å². The van der Waals surface area contributed by atoms with E-state index in [1.165, 1.54) is 0 Å². The fourth-order valence-corrected chi connectivity index (χ4v) is 4.91. The molecule has 0 radical (unpaired) electrons. The minimum atomic E-state index is -0.0415. The Morgan fingerprint density at radius 3 is 2.78 bits per heavy atom. The fraction of sp³-hybridized carbons (Fsp3) is 0.333. The minimum absolute atomic E-state index is 0.0415. The average Bonchev–Trinajstić information content (AvgIpc) is 2.98. The topological polar surface area (TPSA) is 60.2 Å². The molecule has 0 aliphatic carbocycles. The van der Waals surface area contributed by atoms with Gasteiger partial charge < -0.3 is 0 Å². The average molecular weight is 365 g/mol. The number of aryl methyl sites for hydroxylation is 1. The standard InChI is InChI=1S/C15H16N4OS3/c1-3-7-21-14-17-18-15(23-14)22-9-11-8-13(20)19-10(2)5-4-6-12(19)16-11/h4-6,8H,3,7,9H2,1-2H3. The van der Waals surface area contributed by atoms with Crippen LogP contribution in [-0.4, -0.2) is 25.3 Å². The second-order valence-corrected chi connectivity index (χ2v) is 8.46. The first-order valence-electron chi connectivity index (χ1n) is 7.25. The molecule has 0 amide bonds. The largest absolute Gasteiger partial charge is 0.269 e. The number of thioether (sulfide) groups is 2. The van der Waals surface area contributed by atoms with Gasteiger partial charge >= 0.3 is 0 Å². The fourth-order valence-electron chi connectivity index (χ4n) is 2.08. The number of rotatable bonds is 6. The summed E-state index contributed by atoms with van der Waals surface area (Å²) in [6.07, 6.45) is 1.12. The molecule has 0 unspecified atom stereocenters. The van der Waals surface area contributed by atoms with Crippen molar-refractivity contribution in [2.75, 3.05) is 5.75 Å². The molecule has 3 rings (SSSR count). The van der Waals surface area contributed by atoms with Crippen LogP contribution in [0.15, 0.2) is 37.7 Å². The molecule has 0 spiro atoms. The summed E-state index contributed by atoms with van der Waals surface area (Å²) >= 11 is 4.90. The van der Waals surface area contributed by atoms with E-state index in [2.05, 4.69) is 22.1 Å². The van der Waals surface area contributed by atoms with Gasteiger partial charge in [0, 0.05) is 23.3 Å². The number of fused-ring (bicyclic) bond motifs is 1. The lowest BCUT2D eigenvalue weighted by Crippen LogP contribution is -2.17. The number of pyridine rings is 1. The molecule has 0 aromatic carbocycles. The summed E-state index contributed by atoms with van der Waals surface area (Å²) in [6, 6.07) is 7.27. The molecule has 3 aromatic heterocycles. The molecule has 0 atom stereocenters. The van der Waals surface area contributed by atoms with Crippen LogP contribution in [0, 0.1) is 6.92 Å². The van der Waals surface area contributed by atoms with Gasteiger partial charge in [-0.05, 0) is 25.5 Å². The summed E-state index contributed by atoms with van der Waals surface area (Å²) in [6.45, 7) is 4.05. The minimum Gasteiger partial charge on any atom is -0.269 e. The van der Waals surface area contributed by atoms with Crippen LogP contribution in [-0.2, 0) is 5.75 Å². The van der Waals surface area contributed by atoms with Crippen LogP contribution in [0.5, 0.6) is 0 Å². The van der Waals surface area contributed by atoms with Crippen molar-refractivity contribution < 1.29 is 0 Å². The zero-order valence-electron chi connectivity index (χ0n) is 12.9. The zero-order valence-corrected chi connectivity index (χ0v) is 15.3. The predicted molar refractivity (Wildman–Crippen MR) is 96.7 cm³/mol. The summed E-state index contributed by atoms with van der Waals surface area (Å²) < 4.78 is 3.53. The van der Waals surface area contributed by atoms with E-state index in [1.54, 1.807) is 45.3 Å². The lowest BCUT2D eigenvalue weighted by Gasteiger charge is -2.05. The van der Waals surface area contributed by atoms with Gasteiger partial charge in [-0.2, -0.15) is 0 Å². The van der Waals surface area contributed by atoms with E-state index in [0.29, 0.717) is 11.4 Å². The van der Waals surface area contributed by atoms with E-state index in [0.717, 1.165) is 32.2 Å². The summed E-state index contributed by atoms with van der Waals surface area (Å²) in [5.41, 5.74) is 2.30. The van der Waals surface area contributed by atoms with Crippen LogP contribution >= 0.6 is 34.9 Å². The van der Waals surface area contributed by atoms with Gasteiger partial charge in [0.2, 0.25) is 0 Å². The van der Waals surface area contributed by atoms with Crippen molar-refractivity contribution in [2.24, 2.45) is 0 Å². The van der Waals surface area contributed by atoms with Crippen LogP contribution in [0.1, 0.15) is 24.7 Å². The molecule has 120 valence electrons. The lowest BCUT2D eigenvalue weighted by atomic mass is 10.3. The number of aromatic nitrogens is 4. The van der Waals surface area contributed by atoms with Crippen molar-refractivity contribution in [3.8, 4) is 0 Å². The molecule has 0 aliphatic heterocycles. The van der Waals surface area contributed by atoms with Gasteiger partial charge in [-0.15, -0.1) is 10.2 Å². The van der Waals surface area contributed by atoms with Crippen molar-refractivity contribution in [2.45, 2.75) is 34.7 Å². The van der Waals surface area contributed by atoms with Crippen molar-refractivity contribution in [1.29, 1.82) is 0 Å². The first-order valence-corrected chi connectivity index (χ1v) is 10.0. The van der Waals surface area contributed by atoms with E-state index in [-0.39, 0.29) is 5.56 Å². The molecular weight excluding hydrogens is 348 g/mol. The Balaban J connectivity index is 1.74. The first-order chi connectivity index (χ1) is 11.2. The SMILES string of the molecule is CCCSc1nnc(SCc2cc(=O)n3c(C)cccc3n2)s1. The van der Waals surface area contributed by atoms with Crippen molar-refractivity contribution in [3.05, 3.63) is 46.0 Å². The van der Waals surface area contributed by atoms with Gasteiger partial charge in [-0.1, -0.05) is 47.9 Å². The van der Waals surface area contributed by atoms with Crippen molar-refractivity contribution >= 4 is 40.5 Å². The maximum atomic E-state index is 12.2. The van der Waals surface area contributed by atoms with Crippen LogP contribution in [0.3, 0.4) is 0 Å². The number of hydrogen-bond acceptors (Lipinski definition) is 7. The maximum Gasteiger partial charge on any atom is 0.258 e. The normalized spacial score (nSPS) is 11.2. The lowest BCUT2D eigenvalue weighted by molar-refractivity contribution is 0.949. The Bertz CT molecular complexity index is 875. The second-order valence-electron chi connectivity index (χ2n) is 4.92. The third kappa shape index (κ3) is 3.94.